The van der Waals surface area contributed by atoms with Gasteiger partial charge in [0.25, 0.3) is 0 Å². The maximum Gasteiger partial charge on any atom is 0.309 e. The maximum absolute atomic E-state index is 12.8. The number of nitrogens with one attached hydrogen (secondary N) is 1. The van der Waals surface area contributed by atoms with E-state index in [4.69, 9.17) is 9.47 Å². The molecule has 3 saturated carbocycles. The van der Waals surface area contributed by atoms with Gasteiger partial charge in [-0.1, -0.05) is 12.1 Å². The topological polar surface area (TPSA) is 114 Å². The van der Waals surface area contributed by atoms with Gasteiger partial charge in [-0.25, -0.2) is 4.98 Å². The number of carbonyl (C=O) groups excluding carboxylic acids is 1. The number of hydrogen-bond acceptors (Lipinski definition) is 7. The molecule has 3 aliphatic carbocycles. The van der Waals surface area contributed by atoms with Crippen LogP contribution in [0.3, 0.4) is 0 Å². The second kappa shape index (κ2) is 11.2. The Balaban J connectivity index is 1.15. The third-order valence-electron chi connectivity index (χ3n) is 8.77. The summed E-state index contributed by atoms with van der Waals surface area (Å²) in [5.74, 6) is 1.95. The number of hydrogen-bond donors (Lipinski definition) is 2. The van der Waals surface area contributed by atoms with Crippen molar-refractivity contribution >= 4 is 23.5 Å². The standard InChI is InChI=1S/C29H38N4O5/c1-2-37-22-7-3-4-8-23(22)38-21-6-5-17-33(20-21)25-19-30-18-24(31-25)32-26(34)9-10-28-11-14-29(15-12-28,16-13-28)27(35)36/h3-4,7-8,18-19,21H,2,5-6,9-17,20H2,1H3,(H,35,36)(H,31,32,34)/t21-,28?,29?/m1/s1. The van der Waals surface area contributed by atoms with Gasteiger partial charge in [0, 0.05) is 13.0 Å². The lowest BCUT2D eigenvalue weighted by Crippen LogP contribution is -2.46. The van der Waals surface area contributed by atoms with Gasteiger partial charge in [-0.2, -0.15) is 0 Å². The molecule has 38 heavy (non-hydrogen) atoms. The van der Waals surface area contributed by atoms with E-state index in [1.807, 2.05) is 31.2 Å². The Labute approximate surface area is 223 Å². The minimum absolute atomic E-state index is 0.00416. The summed E-state index contributed by atoms with van der Waals surface area (Å²) in [5, 5.41) is 12.5. The van der Waals surface area contributed by atoms with Gasteiger partial charge in [0.15, 0.2) is 17.3 Å². The lowest BCUT2D eigenvalue weighted by Gasteiger charge is -2.51. The number of carboxylic acids is 1. The van der Waals surface area contributed by atoms with Crippen molar-refractivity contribution < 1.29 is 24.2 Å². The molecule has 1 atom stereocenters. The first-order chi connectivity index (χ1) is 18.4. The molecule has 0 radical (unpaired) electrons. The molecule has 204 valence electrons. The molecule has 9 nitrogen and oxygen atoms in total. The molecule has 1 amide bonds. The predicted molar refractivity (Wildman–Crippen MR) is 144 cm³/mol. The average molecular weight is 523 g/mol. The average Bonchev–Trinajstić information content (AvgIpc) is 2.94. The van der Waals surface area contributed by atoms with Crippen molar-refractivity contribution in [2.75, 3.05) is 29.9 Å². The second-order valence-corrected chi connectivity index (χ2v) is 11.1. The van der Waals surface area contributed by atoms with Crippen molar-refractivity contribution in [3.05, 3.63) is 36.7 Å². The summed E-state index contributed by atoms with van der Waals surface area (Å²) in [7, 11) is 0. The van der Waals surface area contributed by atoms with Crippen LogP contribution in [0.25, 0.3) is 0 Å². The van der Waals surface area contributed by atoms with Crippen LogP contribution < -0.4 is 19.7 Å². The van der Waals surface area contributed by atoms with Crippen molar-refractivity contribution in [2.24, 2.45) is 10.8 Å². The highest BCUT2D eigenvalue weighted by molar-refractivity contribution is 5.89. The normalized spacial score (nSPS) is 26.6. The van der Waals surface area contributed by atoms with Crippen molar-refractivity contribution in [1.29, 1.82) is 0 Å². The molecule has 1 aliphatic heterocycles. The number of aliphatic carboxylic acids is 1. The van der Waals surface area contributed by atoms with Crippen molar-refractivity contribution in [3.63, 3.8) is 0 Å². The minimum Gasteiger partial charge on any atom is -0.490 e. The van der Waals surface area contributed by atoms with E-state index in [2.05, 4.69) is 20.2 Å². The molecule has 1 saturated heterocycles. The Morgan fingerprint density at radius 3 is 2.55 bits per heavy atom. The summed E-state index contributed by atoms with van der Waals surface area (Å²) < 4.78 is 12.0. The summed E-state index contributed by atoms with van der Waals surface area (Å²) in [6.45, 7) is 4.06. The van der Waals surface area contributed by atoms with Gasteiger partial charge in [-0.15, -0.1) is 0 Å². The molecular weight excluding hydrogens is 484 g/mol. The minimum atomic E-state index is -0.649. The predicted octanol–water partition coefficient (Wildman–Crippen LogP) is 5.07. The smallest absolute Gasteiger partial charge is 0.309 e. The molecular formula is C29H38N4O5. The van der Waals surface area contributed by atoms with E-state index in [1.165, 1.54) is 0 Å². The van der Waals surface area contributed by atoms with Crippen LogP contribution in [0.2, 0.25) is 0 Å². The van der Waals surface area contributed by atoms with Crippen LogP contribution in [0.5, 0.6) is 11.5 Å². The molecule has 4 aliphatic rings. The Hall–Kier alpha value is -3.36. The van der Waals surface area contributed by atoms with Crippen LogP contribution in [0, 0.1) is 10.8 Å². The van der Waals surface area contributed by atoms with Gasteiger partial charge in [-0.05, 0) is 82.3 Å². The molecule has 2 N–H and O–H groups in total. The van der Waals surface area contributed by atoms with Crippen LogP contribution in [0.15, 0.2) is 36.7 Å². The molecule has 1 aromatic heterocycles. The number of para-hydroxylation sites is 2. The van der Waals surface area contributed by atoms with Crippen LogP contribution in [-0.4, -0.2) is 52.8 Å². The Kier molecular flexibility index (Phi) is 7.72. The highest BCUT2D eigenvalue weighted by atomic mass is 16.5. The molecule has 9 heteroatoms. The second-order valence-electron chi connectivity index (χ2n) is 11.1. The van der Waals surface area contributed by atoms with Crippen molar-refractivity contribution in [3.8, 4) is 11.5 Å². The highest BCUT2D eigenvalue weighted by Crippen LogP contribution is 2.58. The van der Waals surface area contributed by atoms with Crippen LogP contribution >= 0.6 is 0 Å². The zero-order valence-corrected chi connectivity index (χ0v) is 22.2. The summed E-state index contributed by atoms with van der Waals surface area (Å²) >= 11 is 0. The van der Waals surface area contributed by atoms with E-state index in [9.17, 15) is 14.7 Å². The highest BCUT2D eigenvalue weighted by Gasteiger charge is 2.52. The van der Waals surface area contributed by atoms with Gasteiger partial charge in [0.1, 0.15) is 11.9 Å². The number of nitrogens with zero attached hydrogens (tertiary/aromatic N) is 3. The molecule has 1 aromatic carbocycles. The first kappa shape index (κ1) is 26.3. The lowest BCUT2D eigenvalue weighted by molar-refractivity contribution is -0.159. The maximum atomic E-state index is 12.8. The fourth-order valence-corrected chi connectivity index (χ4v) is 6.36. The van der Waals surface area contributed by atoms with E-state index in [0.29, 0.717) is 25.4 Å². The molecule has 0 spiro atoms. The monoisotopic (exact) mass is 522 g/mol. The third-order valence-corrected chi connectivity index (χ3v) is 8.77. The van der Waals surface area contributed by atoms with E-state index in [-0.39, 0.29) is 17.4 Å². The zero-order chi connectivity index (χ0) is 26.6. The van der Waals surface area contributed by atoms with Crippen LogP contribution in [-0.2, 0) is 9.59 Å². The first-order valence-corrected chi connectivity index (χ1v) is 13.9. The van der Waals surface area contributed by atoms with Gasteiger partial charge >= 0.3 is 5.97 Å². The Bertz CT molecular complexity index is 1130. The molecule has 0 unspecified atom stereocenters. The van der Waals surface area contributed by atoms with Gasteiger partial charge in [0.05, 0.1) is 31.0 Å². The number of benzene rings is 1. The van der Waals surface area contributed by atoms with Gasteiger partial charge < -0.3 is 24.8 Å². The SMILES string of the molecule is CCOc1ccccc1O[C@@H]1CCCN(c2cncc(NC(=O)CCC34CCC(C(=O)O)(CC3)CC4)n2)C1. The molecule has 2 aromatic rings. The summed E-state index contributed by atoms with van der Waals surface area (Å²) in [6, 6.07) is 7.74. The Morgan fingerprint density at radius 2 is 1.84 bits per heavy atom. The van der Waals surface area contributed by atoms with E-state index in [0.717, 1.165) is 81.6 Å². The quantitative estimate of drug-likeness (QED) is 0.445. The zero-order valence-electron chi connectivity index (χ0n) is 22.2. The fraction of sp³-hybridized carbons (Fsp3) is 0.586. The number of anilines is 2. The van der Waals surface area contributed by atoms with E-state index >= 15 is 0 Å². The number of aromatic nitrogens is 2. The van der Waals surface area contributed by atoms with Gasteiger partial charge in [0.2, 0.25) is 5.91 Å². The van der Waals surface area contributed by atoms with Gasteiger partial charge in [-0.3, -0.25) is 14.6 Å². The molecule has 2 bridgehead atoms. The van der Waals surface area contributed by atoms with E-state index in [1.54, 1.807) is 12.4 Å². The Morgan fingerprint density at radius 1 is 1.11 bits per heavy atom. The lowest BCUT2D eigenvalue weighted by atomic mass is 9.52. The van der Waals surface area contributed by atoms with Crippen molar-refractivity contribution in [1.82, 2.24) is 9.97 Å². The third kappa shape index (κ3) is 5.71. The van der Waals surface area contributed by atoms with Crippen LogP contribution in [0.1, 0.15) is 71.1 Å². The number of ether oxygens (including phenoxy) is 2. The molecule has 6 rings (SSSR count). The number of carbonyl (C=O) groups is 2. The summed E-state index contributed by atoms with van der Waals surface area (Å²) in [6.07, 6.45) is 11.3. The largest absolute Gasteiger partial charge is 0.490 e. The van der Waals surface area contributed by atoms with Crippen molar-refractivity contribution in [2.45, 2.75) is 77.2 Å². The number of amides is 1. The van der Waals surface area contributed by atoms with Crippen LogP contribution in [0.4, 0.5) is 11.6 Å². The molecule has 4 fully saturated rings. The number of carboxylic acid groups (broad SMARTS) is 1. The fourth-order valence-electron chi connectivity index (χ4n) is 6.36. The number of fused-ring (bicyclic) bond motifs is 3. The van der Waals surface area contributed by atoms with E-state index < -0.39 is 11.4 Å². The number of piperidine rings is 1. The number of rotatable bonds is 10. The first-order valence-electron chi connectivity index (χ1n) is 13.9. The molecule has 2 heterocycles. The summed E-state index contributed by atoms with van der Waals surface area (Å²) in [5.41, 5.74) is -0.420. The summed E-state index contributed by atoms with van der Waals surface area (Å²) in [4.78, 5) is 35.7.